The largest absolute Gasteiger partial charge is 0.508 e. The molecule has 0 bridgehead atoms. The summed E-state index contributed by atoms with van der Waals surface area (Å²) in [5.41, 5.74) is 0.377. The minimum absolute atomic E-state index is 0.0628. The van der Waals surface area contributed by atoms with Gasteiger partial charge in [-0.05, 0) is 70.2 Å². The van der Waals surface area contributed by atoms with Crippen molar-refractivity contribution >= 4 is 29.3 Å². The van der Waals surface area contributed by atoms with Crippen molar-refractivity contribution in [3.8, 4) is 11.5 Å². The predicted octanol–water partition coefficient (Wildman–Crippen LogP) is 3.65. The number of aromatic hydroxyl groups is 1. The molecule has 0 aliphatic carbocycles. The molecule has 0 saturated carbocycles. The van der Waals surface area contributed by atoms with Gasteiger partial charge >= 0.3 is 6.09 Å². The summed E-state index contributed by atoms with van der Waals surface area (Å²) in [6.07, 6.45) is -1.30. The van der Waals surface area contributed by atoms with Crippen molar-refractivity contribution in [1.82, 2.24) is 5.32 Å². The molecule has 0 heterocycles. The second-order valence-corrected chi connectivity index (χ2v) is 8.05. The fourth-order valence-electron chi connectivity index (χ4n) is 2.52. The highest BCUT2D eigenvalue weighted by molar-refractivity contribution is 5.96. The molecule has 32 heavy (non-hydrogen) atoms. The van der Waals surface area contributed by atoms with Crippen LogP contribution in [0.15, 0.2) is 48.5 Å². The highest BCUT2D eigenvalue weighted by Gasteiger charge is 2.17. The van der Waals surface area contributed by atoms with Gasteiger partial charge in [0.15, 0.2) is 6.10 Å². The van der Waals surface area contributed by atoms with Crippen LogP contribution in [0.3, 0.4) is 0 Å². The van der Waals surface area contributed by atoms with E-state index in [0.29, 0.717) is 17.1 Å². The lowest BCUT2D eigenvalue weighted by Crippen LogP contribution is -2.34. The molecule has 2 rings (SSSR count). The Morgan fingerprint density at radius 2 is 1.62 bits per heavy atom. The van der Waals surface area contributed by atoms with Crippen LogP contribution in [0, 0.1) is 0 Å². The molecule has 1 unspecified atom stereocenters. The van der Waals surface area contributed by atoms with Crippen molar-refractivity contribution in [2.75, 3.05) is 17.2 Å². The summed E-state index contributed by atoms with van der Waals surface area (Å²) in [6, 6.07) is 12.7. The fraction of sp³-hybridized carbons (Fsp3) is 0.348. The smallest absolute Gasteiger partial charge is 0.407 e. The van der Waals surface area contributed by atoms with Gasteiger partial charge in [-0.25, -0.2) is 4.79 Å². The van der Waals surface area contributed by atoms with E-state index in [1.54, 1.807) is 64.1 Å². The molecule has 1 atom stereocenters. The van der Waals surface area contributed by atoms with Crippen molar-refractivity contribution in [1.29, 1.82) is 0 Å². The highest BCUT2D eigenvalue weighted by atomic mass is 16.6. The van der Waals surface area contributed by atoms with E-state index in [-0.39, 0.29) is 30.5 Å². The summed E-state index contributed by atoms with van der Waals surface area (Å²) in [5.74, 6) is -0.114. The monoisotopic (exact) mass is 443 g/mol. The molecule has 0 aromatic heterocycles. The van der Waals surface area contributed by atoms with Gasteiger partial charge in [-0.3, -0.25) is 9.59 Å². The third-order valence-corrected chi connectivity index (χ3v) is 3.95. The number of phenols is 1. The van der Waals surface area contributed by atoms with Gasteiger partial charge in [0, 0.05) is 24.3 Å². The molecule has 9 heteroatoms. The molecular formula is C23H29N3O6. The van der Waals surface area contributed by atoms with Crippen LogP contribution in [0.1, 0.15) is 34.1 Å². The van der Waals surface area contributed by atoms with Crippen LogP contribution in [-0.2, 0) is 14.3 Å². The van der Waals surface area contributed by atoms with E-state index in [4.69, 9.17) is 9.47 Å². The van der Waals surface area contributed by atoms with Crippen molar-refractivity contribution in [3.63, 3.8) is 0 Å². The SMILES string of the molecule is CC(Oc1ccc(O)cc1)C(=O)Nc1cccc(NC(=O)CCNC(=O)OC(C)(C)C)c1. The minimum Gasteiger partial charge on any atom is -0.508 e. The van der Waals surface area contributed by atoms with E-state index in [9.17, 15) is 19.5 Å². The fourth-order valence-corrected chi connectivity index (χ4v) is 2.52. The van der Waals surface area contributed by atoms with Gasteiger partial charge in [-0.2, -0.15) is 0 Å². The van der Waals surface area contributed by atoms with Crippen LogP contribution in [0.4, 0.5) is 16.2 Å². The number of amides is 3. The summed E-state index contributed by atoms with van der Waals surface area (Å²) in [4.78, 5) is 36.1. The maximum absolute atomic E-state index is 12.4. The second-order valence-electron chi connectivity index (χ2n) is 8.05. The van der Waals surface area contributed by atoms with E-state index in [1.165, 1.54) is 12.1 Å². The first kappa shape index (κ1) is 24.5. The summed E-state index contributed by atoms with van der Waals surface area (Å²) in [6.45, 7) is 7.00. The predicted molar refractivity (Wildman–Crippen MR) is 121 cm³/mol. The Morgan fingerprint density at radius 1 is 1.00 bits per heavy atom. The molecule has 2 aromatic carbocycles. The van der Waals surface area contributed by atoms with Gasteiger partial charge in [0.05, 0.1) is 0 Å². The van der Waals surface area contributed by atoms with E-state index in [0.717, 1.165) is 0 Å². The maximum atomic E-state index is 12.4. The second kappa shape index (κ2) is 11.0. The highest BCUT2D eigenvalue weighted by Crippen LogP contribution is 2.19. The summed E-state index contributed by atoms with van der Waals surface area (Å²) >= 11 is 0. The van der Waals surface area contributed by atoms with Crippen LogP contribution in [0.25, 0.3) is 0 Å². The lowest BCUT2D eigenvalue weighted by Gasteiger charge is -2.19. The number of benzene rings is 2. The van der Waals surface area contributed by atoms with Crippen LogP contribution >= 0.6 is 0 Å². The van der Waals surface area contributed by atoms with Gasteiger partial charge in [0.25, 0.3) is 5.91 Å². The van der Waals surface area contributed by atoms with Crippen molar-refractivity contribution in [2.45, 2.75) is 45.8 Å². The van der Waals surface area contributed by atoms with E-state index >= 15 is 0 Å². The van der Waals surface area contributed by atoms with Crippen LogP contribution < -0.4 is 20.7 Å². The van der Waals surface area contributed by atoms with Gasteiger partial charge in [0.2, 0.25) is 5.91 Å². The van der Waals surface area contributed by atoms with Gasteiger partial charge in [0.1, 0.15) is 17.1 Å². The lowest BCUT2D eigenvalue weighted by molar-refractivity contribution is -0.122. The zero-order valence-electron chi connectivity index (χ0n) is 18.6. The molecule has 172 valence electrons. The number of hydrogen-bond donors (Lipinski definition) is 4. The molecular weight excluding hydrogens is 414 g/mol. The Morgan fingerprint density at radius 3 is 2.25 bits per heavy atom. The Balaban J connectivity index is 1.82. The standard InChI is InChI=1S/C23H29N3O6/c1-15(31-19-10-8-18(27)9-11-19)21(29)26-17-7-5-6-16(14-17)25-20(28)12-13-24-22(30)32-23(2,3)4/h5-11,14-15,27H,12-13H2,1-4H3,(H,24,30)(H,25,28)(H,26,29). The molecule has 9 nitrogen and oxygen atoms in total. The topological polar surface area (TPSA) is 126 Å². The molecule has 0 aliphatic rings. The van der Waals surface area contributed by atoms with Crippen molar-refractivity contribution in [3.05, 3.63) is 48.5 Å². The van der Waals surface area contributed by atoms with Crippen molar-refractivity contribution in [2.24, 2.45) is 0 Å². The number of carbonyl (C=O) groups excluding carboxylic acids is 3. The lowest BCUT2D eigenvalue weighted by atomic mass is 10.2. The molecule has 4 N–H and O–H groups in total. The Kier molecular flexibility index (Phi) is 8.46. The third-order valence-electron chi connectivity index (χ3n) is 3.95. The molecule has 0 fully saturated rings. The van der Waals surface area contributed by atoms with E-state index < -0.39 is 17.8 Å². The molecule has 0 saturated heterocycles. The van der Waals surface area contributed by atoms with E-state index in [1.807, 2.05) is 0 Å². The summed E-state index contributed by atoms with van der Waals surface area (Å²) in [7, 11) is 0. The molecule has 2 aromatic rings. The third kappa shape index (κ3) is 8.95. The first-order valence-corrected chi connectivity index (χ1v) is 10.1. The molecule has 0 radical (unpaired) electrons. The Labute approximate surface area is 187 Å². The van der Waals surface area contributed by atoms with Crippen molar-refractivity contribution < 1.29 is 29.0 Å². The average Bonchev–Trinajstić information content (AvgIpc) is 2.68. The normalized spacial score (nSPS) is 11.8. The molecule has 3 amide bonds. The number of carbonyl (C=O) groups is 3. The Hall–Kier alpha value is -3.75. The number of ether oxygens (including phenoxy) is 2. The number of anilines is 2. The zero-order chi connectivity index (χ0) is 23.7. The van der Waals surface area contributed by atoms with Gasteiger partial charge in [-0.1, -0.05) is 6.07 Å². The average molecular weight is 444 g/mol. The minimum atomic E-state index is -0.781. The summed E-state index contributed by atoms with van der Waals surface area (Å²) < 4.78 is 10.7. The quantitative estimate of drug-likeness (QED) is 0.493. The summed E-state index contributed by atoms with van der Waals surface area (Å²) in [5, 5.41) is 17.3. The number of nitrogens with one attached hydrogen (secondary N) is 3. The molecule has 0 aliphatic heterocycles. The van der Waals surface area contributed by atoms with Gasteiger partial charge < -0.3 is 30.5 Å². The first-order valence-electron chi connectivity index (χ1n) is 10.1. The zero-order valence-corrected chi connectivity index (χ0v) is 18.6. The van der Waals surface area contributed by atoms with Crippen LogP contribution in [0.2, 0.25) is 0 Å². The first-order chi connectivity index (χ1) is 15.0. The Bertz CT molecular complexity index is 937. The number of hydrogen-bond acceptors (Lipinski definition) is 6. The van der Waals surface area contributed by atoms with Crippen LogP contribution in [0.5, 0.6) is 11.5 Å². The number of alkyl carbamates (subject to hydrolysis) is 1. The maximum Gasteiger partial charge on any atom is 0.407 e. The van der Waals surface area contributed by atoms with E-state index in [2.05, 4.69) is 16.0 Å². The number of rotatable bonds is 8. The molecule has 0 spiro atoms. The van der Waals surface area contributed by atoms with Crippen LogP contribution in [-0.4, -0.2) is 41.3 Å². The number of phenolic OH excluding ortho intramolecular Hbond substituents is 1. The van der Waals surface area contributed by atoms with Gasteiger partial charge in [-0.15, -0.1) is 0 Å².